The third-order valence-electron chi connectivity index (χ3n) is 2.91. The summed E-state index contributed by atoms with van der Waals surface area (Å²) in [5.74, 6) is -0.175. The Morgan fingerprint density at radius 1 is 1.10 bits per heavy atom. The molecule has 1 heterocycles. The molecule has 3 rings (SSSR count). The zero-order chi connectivity index (χ0) is 14.8. The van der Waals surface area contributed by atoms with Crippen LogP contribution in [0.1, 0.15) is 11.1 Å². The number of carbonyl (C=O) groups excluding carboxylic acids is 1. The van der Waals surface area contributed by atoms with Gasteiger partial charge in [0.25, 0.3) is 0 Å². The van der Waals surface area contributed by atoms with Gasteiger partial charge in [0, 0.05) is 15.1 Å². The molecule has 3 nitrogen and oxygen atoms in total. The number of halogens is 2. The summed E-state index contributed by atoms with van der Waals surface area (Å²) in [6.07, 6.45) is 1.69. The molecule has 0 N–H and O–H groups in total. The van der Waals surface area contributed by atoms with Crippen LogP contribution in [-0.2, 0) is 9.53 Å². The zero-order valence-corrected chi connectivity index (χ0v) is 13.1. The molecule has 2 aromatic carbocycles. The molecule has 0 aromatic heterocycles. The average molecular weight is 363 g/mol. The van der Waals surface area contributed by atoms with Gasteiger partial charge in [-0.3, -0.25) is 0 Å². The minimum atomic E-state index is -0.462. The second-order valence-electron chi connectivity index (χ2n) is 4.36. The van der Waals surface area contributed by atoms with Crippen LogP contribution in [-0.4, -0.2) is 11.9 Å². The molecule has 1 aliphatic rings. The van der Waals surface area contributed by atoms with Gasteiger partial charge in [-0.1, -0.05) is 45.7 Å². The molecule has 0 atom stereocenters. The van der Waals surface area contributed by atoms with Gasteiger partial charge in [-0.15, -0.1) is 0 Å². The smallest absolute Gasteiger partial charge is 0.363 e. The number of benzene rings is 2. The first-order valence-corrected chi connectivity index (χ1v) is 7.33. The first kappa shape index (κ1) is 14.0. The topological polar surface area (TPSA) is 38.7 Å². The molecule has 0 saturated carbocycles. The molecule has 2 aromatic rings. The number of ether oxygens (including phenoxy) is 1. The zero-order valence-electron chi connectivity index (χ0n) is 10.7. The largest absolute Gasteiger partial charge is 0.402 e. The van der Waals surface area contributed by atoms with E-state index in [0.717, 1.165) is 10.0 Å². The van der Waals surface area contributed by atoms with Crippen molar-refractivity contribution in [3.63, 3.8) is 0 Å². The van der Waals surface area contributed by atoms with Gasteiger partial charge >= 0.3 is 5.97 Å². The van der Waals surface area contributed by atoms with Gasteiger partial charge in [-0.25, -0.2) is 9.79 Å². The number of esters is 1. The molecule has 0 bridgehead atoms. The van der Waals surface area contributed by atoms with Crippen LogP contribution >= 0.6 is 27.5 Å². The lowest BCUT2D eigenvalue weighted by Crippen LogP contribution is -2.05. The van der Waals surface area contributed by atoms with Gasteiger partial charge in [0.1, 0.15) is 0 Å². The Balaban J connectivity index is 1.96. The van der Waals surface area contributed by atoms with Gasteiger partial charge < -0.3 is 4.74 Å². The summed E-state index contributed by atoms with van der Waals surface area (Å²) in [5, 5.41) is 0.618. The Bertz CT molecular complexity index is 766. The van der Waals surface area contributed by atoms with E-state index in [1.807, 2.05) is 24.3 Å². The van der Waals surface area contributed by atoms with E-state index in [0.29, 0.717) is 10.6 Å². The molecule has 0 amide bonds. The Labute approximate surface area is 135 Å². The second kappa shape index (κ2) is 5.84. The first-order valence-electron chi connectivity index (χ1n) is 6.16. The van der Waals surface area contributed by atoms with E-state index >= 15 is 0 Å². The van der Waals surface area contributed by atoms with Gasteiger partial charge in [0.05, 0.1) is 0 Å². The average Bonchev–Trinajstić information content (AvgIpc) is 2.83. The maximum atomic E-state index is 11.9. The molecular weight excluding hydrogens is 354 g/mol. The number of hydrogen-bond acceptors (Lipinski definition) is 3. The van der Waals surface area contributed by atoms with E-state index in [4.69, 9.17) is 16.3 Å². The van der Waals surface area contributed by atoms with Crippen molar-refractivity contribution in [2.24, 2.45) is 4.99 Å². The molecule has 0 aliphatic carbocycles. The van der Waals surface area contributed by atoms with Crippen LogP contribution in [0.3, 0.4) is 0 Å². The predicted molar refractivity (Wildman–Crippen MR) is 86.2 cm³/mol. The summed E-state index contributed by atoms with van der Waals surface area (Å²) in [4.78, 5) is 16.1. The van der Waals surface area contributed by atoms with E-state index in [1.54, 1.807) is 30.3 Å². The highest BCUT2D eigenvalue weighted by Gasteiger charge is 2.24. The van der Waals surface area contributed by atoms with Crippen LogP contribution in [0.5, 0.6) is 0 Å². The highest BCUT2D eigenvalue weighted by atomic mass is 79.9. The fraction of sp³-hybridized carbons (Fsp3) is 0. The van der Waals surface area contributed by atoms with Crippen molar-refractivity contribution in [3.05, 3.63) is 74.9 Å². The lowest BCUT2D eigenvalue weighted by molar-refractivity contribution is -0.129. The van der Waals surface area contributed by atoms with Gasteiger partial charge in [0.2, 0.25) is 5.90 Å². The fourth-order valence-electron chi connectivity index (χ4n) is 1.86. The van der Waals surface area contributed by atoms with Crippen molar-refractivity contribution in [3.8, 4) is 0 Å². The lowest BCUT2D eigenvalue weighted by Gasteiger charge is -1.98. The SMILES string of the molecule is O=C1OC(c2ccc(Cl)cc2)=NC1=Cc1ccccc1Br. The third-order valence-corrected chi connectivity index (χ3v) is 3.88. The lowest BCUT2D eigenvalue weighted by atomic mass is 10.2. The summed E-state index contributed by atoms with van der Waals surface area (Å²) in [5.41, 5.74) is 1.85. The molecule has 0 saturated heterocycles. The molecule has 1 aliphatic heterocycles. The summed E-state index contributed by atoms with van der Waals surface area (Å²) in [6.45, 7) is 0. The van der Waals surface area contributed by atoms with Crippen molar-refractivity contribution in [2.45, 2.75) is 0 Å². The highest BCUT2D eigenvalue weighted by Crippen LogP contribution is 2.23. The monoisotopic (exact) mass is 361 g/mol. The number of aliphatic imine (C=N–C) groups is 1. The summed E-state index contributed by atoms with van der Waals surface area (Å²) < 4.78 is 6.09. The first-order chi connectivity index (χ1) is 10.1. The Morgan fingerprint density at radius 2 is 1.81 bits per heavy atom. The number of rotatable bonds is 2. The van der Waals surface area contributed by atoms with E-state index < -0.39 is 5.97 Å². The molecule has 0 unspecified atom stereocenters. The third kappa shape index (κ3) is 3.06. The quantitative estimate of drug-likeness (QED) is 0.585. The van der Waals surface area contributed by atoms with Gasteiger partial charge in [-0.2, -0.15) is 0 Å². The number of cyclic esters (lactones) is 1. The Morgan fingerprint density at radius 3 is 2.52 bits per heavy atom. The Hall–Kier alpha value is -1.91. The van der Waals surface area contributed by atoms with Crippen LogP contribution in [0.15, 0.2) is 63.7 Å². The van der Waals surface area contributed by atoms with E-state index in [-0.39, 0.29) is 11.6 Å². The molecule has 5 heteroatoms. The minimum Gasteiger partial charge on any atom is -0.402 e. The number of hydrogen-bond donors (Lipinski definition) is 0. The molecule has 0 radical (unpaired) electrons. The predicted octanol–water partition coefficient (Wildman–Crippen LogP) is 4.45. The van der Waals surface area contributed by atoms with Gasteiger partial charge in [0.15, 0.2) is 5.70 Å². The minimum absolute atomic E-state index is 0.270. The molecule has 0 fully saturated rings. The summed E-state index contributed by atoms with van der Waals surface area (Å²) >= 11 is 9.27. The van der Waals surface area contributed by atoms with Crippen LogP contribution in [0.4, 0.5) is 0 Å². The maximum absolute atomic E-state index is 11.9. The van der Waals surface area contributed by atoms with E-state index in [9.17, 15) is 4.79 Å². The number of nitrogens with zero attached hydrogens (tertiary/aromatic N) is 1. The summed E-state index contributed by atoms with van der Waals surface area (Å²) in [6, 6.07) is 14.6. The summed E-state index contributed by atoms with van der Waals surface area (Å²) in [7, 11) is 0. The van der Waals surface area contributed by atoms with E-state index in [2.05, 4.69) is 20.9 Å². The second-order valence-corrected chi connectivity index (χ2v) is 5.66. The molecule has 0 spiro atoms. The van der Waals surface area contributed by atoms with Crippen LogP contribution in [0, 0.1) is 0 Å². The van der Waals surface area contributed by atoms with Crippen LogP contribution in [0.2, 0.25) is 5.02 Å². The van der Waals surface area contributed by atoms with E-state index in [1.165, 1.54) is 0 Å². The van der Waals surface area contributed by atoms with Crippen molar-refractivity contribution < 1.29 is 9.53 Å². The molecular formula is C16H9BrClNO2. The number of carbonyl (C=O) groups is 1. The fourth-order valence-corrected chi connectivity index (χ4v) is 2.39. The van der Waals surface area contributed by atoms with Crippen molar-refractivity contribution in [2.75, 3.05) is 0 Å². The van der Waals surface area contributed by atoms with Crippen LogP contribution < -0.4 is 0 Å². The Kier molecular flexibility index (Phi) is 3.90. The van der Waals surface area contributed by atoms with Crippen molar-refractivity contribution in [1.29, 1.82) is 0 Å². The van der Waals surface area contributed by atoms with Crippen molar-refractivity contribution in [1.82, 2.24) is 0 Å². The van der Waals surface area contributed by atoms with Gasteiger partial charge in [-0.05, 0) is 42.0 Å². The standard InChI is InChI=1S/C16H9BrClNO2/c17-13-4-2-1-3-11(13)9-14-16(20)21-15(19-14)10-5-7-12(18)8-6-10/h1-9H. The molecule has 21 heavy (non-hydrogen) atoms. The maximum Gasteiger partial charge on any atom is 0.363 e. The normalized spacial score (nSPS) is 16.0. The highest BCUT2D eigenvalue weighted by molar-refractivity contribution is 9.10. The van der Waals surface area contributed by atoms with Crippen molar-refractivity contribution >= 4 is 45.5 Å². The van der Waals surface area contributed by atoms with Crippen LogP contribution in [0.25, 0.3) is 6.08 Å². The molecule has 104 valence electrons.